The van der Waals surface area contributed by atoms with Crippen molar-refractivity contribution >= 4 is 0 Å². The van der Waals surface area contributed by atoms with Crippen LogP contribution in [0.1, 0.15) is 0 Å². The summed E-state index contributed by atoms with van der Waals surface area (Å²) in [4.78, 5) is 0. The van der Waals surface area contributed by atoms with Crippen LogP contribution in [0.3, 0.4) is 0 Å². The van der Waals surface area contributed by atoms with E-state index in [9.17, 15) is 0 Å². The highest BCUT2D eigenvalue weighted by Gasteiger charge is 2.22. The van der Waals surface area contributed by atoms with Gasteiger partial charge in [-0.2, -0.15) is 0 Å². The van der Waals surface area contributed by atoms with E-state index in [1.54, 1.807) is 18.2 Å². The zero-order valence-corrected chi connectivity index (χ0v) is 10.2. The van der Waals surface area contributed by atoms with Gasteiger partial charge in [0.25, 0.3) is 0 Å². The van der Waals surface area contributed by atoms with Crippen LogP contribution in [0.5, 0.6) is 11.5 Å². The number of epoxide rings is 1. The second-order valence-electron chi connectivity index (χ2n) is 3.85. The van der Waals surface area contributed by atoms with Crippen molar-refractivity contribution in [2.75, 3.05) is 13.2 Å². The van der Waals surface area contributed by atoms with Gasteiger partial charge >= 0.3 is 0 Å². The first kappa shape index (κ1) is 12.5. The Morgan fingerprint density at radius 2 is 1.94 bits per heavy atom. The van der Waals surface area contributed by atoms with Crippen LogP contribution in [0.2, 0.25) is 0 Å². The summed E-state index contributed by atoms with van der Waals surface area (Å²) >= 11 is 0. The average Bonchev–Trinajstić information content (AvgIpc) is 3.21. The van der Waals surface area contributed by atoms with Gasteiger partial charge in [-0.25, -0.2) is 0 Å². The molecule has 3 heteroatoms. The third-order valence-corrected chi connectivity index (χ3v) is 2.38. The summed E-state index contributed by atoms with van der Waals surface area (Å²) in [5.41, 5.74) is 0. The van der Waals surface area contributed by atoms with Crippen molar-refractivity contribution in [3.05, 3.63) is 61.4 Å². The zero-order valence-electron chi connectivity index (χ0n) is 10.2. The number of rotatable bonds is 7. The molecule has 0 radical (unpaired) electrons. The molecule has 0 spiro atoms. The lowest BCUT2D eigenvalue weighted by atomic mass is 10.3. The Morgan fingerprint density at radius 3 is 2.50 bits per heavy atom. The highest BCUT2D eigenvalue weighted by atomic mass is 16.6. The maximum absolute atomic E-state index is 5.59. The fourth-order valence-corrected chi connectivity index (χ4v) is 1.35. The highest BCUT2D eigenvalue weighted by molar-refractivity contribution is 5.33. The van der Waals surface area contributed by atoms with E-state index in [-0.39, 0.29) is 6.10 Å². The largest absolute Gasteiger partial charge is 0.491 e. The minimum absolute atomic E-state index is 0.267. The second-order valence-corrected chi connectivity index (χ2v) is 3.85. The molecule has 0 aliphatic carbocycles. The minimum atomic E-state index is 0.267. The molecule has 3 nitrogen and oxygen atoms in total. The van der Waals surface area contributed by atoms with E-state index < -0.39 is 0 Å². The van der Waals surface area contributed by atoms with E-state index in [0.717, 1.165) is 18.1 Å². The molecule has 94 valence electrons. The van der Waals surface area contributed by atoms with Crippen LogP contribution in [0.25, 0.3) is 0 Å². The molecule has 0 aromatic heterocycles. The second kappa shape index (κ2) is 6.07. The van der Waals surface area contributed by atoms with Gasteiger partial charge in [-0.05, 0) is 36.4 Å². The fourth-order valence-electron chi connectivity index (χ4n) is 1.35. The van der Waals surface area contributed by atoms with E-state index >= 15 is 0 Å². The topological polar surface area (TPSA) is 31.0 Å². The van der Waals surface area contributed by atoms with Crippen LogP contribution in [0, 0.1) is 0 Å². The van der Waals surface area contributed by atoms with Crippen LogP contribution in [0.15, 0.2) is 61.4 Å². The third-order valence-electron chi connectivity index (χ3n) is 2.38. The first-order chi connectivity index (χ1) is 8.81. The summed E-state index contributed by atoms with van der Waals surface area (Å²) in [5.74, 6) is 2.20. The summed E-state index contributed by atoms with van der Waals surface area (Å²) in [6, 6.07) is 7.44. The molecule has 0 amide bonds. The number of hydrogen-bond donors (Lipinski definition) is 0. The molecule has 1 aromatic carbocycles. The quantitative estimate of drug-likeness (QED) is 0.419. The maximum atomic E-state index is 5.59. The Hall–Kier alpha value is -2.00. The van der Waals surface area contributed by atoms with Crippen LogP contribution in [-0.2, 0) is 4.74 Å². The number of hydrogen-bond acceptors (Lipinski definition) is 3. The first-order valence-corrected chi connectivity index (χ1v) is 5.79. The van der Waals surface area contributed by atoms with Gasteiger partial charge < -0.3 is 14.2 Å². The van der Waals surface area contributed by atoms with E-state index in [1.165, 1.54) is 0 Å². The van der Waals surface area contributed by atoms with E-state index in [2.05, 4.69) is 13.2 Å². The van der Waals surface area contributed by atoms with E-state index in [4.69, 9.17) is 14.2 Å². The summed E-state index contributed by atoms with van der Waals surface area (Å²) in [6.07, 6.45) is 5.31. The lowest BCUT2D eigenvalue weighted by Crippen LogP contribution is -2.03. The Labute approximate surface area is 107 Å². The zero-order chi connectivity index (χ0) is 12.8. The molecule has 0 bridgehead atoms. The molecule has 2 rings (SSSR count). The summed E-state index contributed by atoms with van der Waals surface area (Å²) < 4.78 is 16.2. The number of benzene rings is 1. The van der Waals surface area contributed by atoms with E-state index in [0.29, 0.717) is 12.4 Å². The molecule has 1 aliphatic rings. The molecule has 1 heterocycles. The predicted octanol–water partition coefficient (Wildman–Crippen LogP) is 3.10. The molecule has 1 unspecified atom stereocenters. The van der Waals surface area contributed by atoms with Crippen molar-refractivity contribution in [2.45, 2.75) is 6.10 Å². The van der Waals surface area contributed by atoms with Gasteiger partial charge in [-0.15, -0.1) is 0 Å². The Balaban J connectivity index is 1.91. The molecule has 1 aromatic rings. The minimum Gasteiger partial charge on any atom is -0.491 e. The molecule has 1 atom stereocenters. The molecule has 1 saturated heterocycles. The van der Waals surface area contributed by atoms with Crippen molar-refractivity contribution in [3.63, 3.8) is 0 Å². The highest BCUT2D eigenvalue weighted by Crippen LogP contribution is 2.21. The standard InChI is InChI=1S/C15H16O3/c1-3-5-12(4-2)18-14-8-6-13(7-9-14)16-10-15-11-17-15/h3-9,15H,1-2,10-11H2/b12-5+. The molecule has 1 fully saturated rings. The van der Waals surface area contributed by atoms with Crippen molar-refractivity contribution < 1.29 is 14.2 Å². The van der Waals surface area contributed by atoms with Crippen molar-refractivity contribution in [3.8, 4) is 11.5 Å². The monoisotopic (exact) mass is 244 g/mol. The van der Waals surface area contributed by atoms with Gasteiger partial charge in [-0.3, -0.25) is 0 Å². The van der Waals surface area contributed by atoms with Gasteiger partial charge in [0.2, 0.25) is 0 Å². The lowest BCUT2D eigenvalue weighted by Gasteiger charge is -2.07. The Morgan fingerprint density at radius 1 is 1.28 bits per heavy atom. The number of allylic oxidation sites excluding steroid dienone is 3. The van der Waals surface area contributed by atoms with Crippen molar-refractivity contribution in [2.24, 2.45) is 0 Å². The lowest BCUT2D eigenvalue weighted by molar-refractivity contribution is 0.263. The SMILES string of the molecule is C=C/C=C(\C=C)Oc1ccc(OCC2CO2)cc1. The molecule has 18 heavy (non-hydrogen) atoms. The summed E-state index contributed by atoms with van der Waals surface area (Å²) in [6.45, 7) is 8.69. The van der Waals surface area contributed by atoms with Gasteiger partial charge in [0.15, 0.2) is 0 Å². The average molecular weight is 244 g/mol. The maximum Gasteiger partial charge on any atom is 0.127 e. The van der Waals surface area contributed by atoms with Gasteiger partial charge in [-0.1, -0.05) is 19.2 Å². The van der Waals surface area contributed by atoms with Gasteiger partial charge in [0.1, 0.15) is 30.0 Å². The summed E-state index contributed by atoms with van der Waals surface area (Å²) in [5, 5.41) is 0. The molecule has 0 saturated carbocycles. The van der Waals surface area contributed by atoms with E-state index in [1.807, 2.05) is 24.3 Å². The van der Waals surface area contributed by atoms with Crippen molar-refractivity contribution in [1.29, 1.82) is 0 Å². The Kier molecular flexibility index (Phi) is 4.20. The third kappa shape index (κ3) is 3.79. The fraction of sp³-hybridized carbons (Fsp3) is 0.200. The molecular formula is C15H16O3. The Bertz CT molecular complexity index is 441. The normalized spacial score (nSPS) is 18.0. The molecule has 0 N–H and O–H groups in total. The van der Waals surface area contributed by atoms with Crippen molar-refractivity contribution in [1.82, 2.24) is 0 Å². The van der Waals surface area contributed by atoms with Crippen LogP contribution in [-0.4, -0.2) is 19.3 Å². The molecular weight excluding hydrogens is 228 g/mol. The predicted molar refractivity (Wildman–Crippen MR) is 70.8 cm³/mol. The van der Waals surface area contributed by atoms with Crippen LogP contribution < -0.4 is 9.47 Å². The number of ether oxygens (including phenoxy) is 3. The van der Waals surface area contributed by atoms with Crippen LogP contribution >= 0.6 is 0 Å². The van der Waals surface area contributed by atoms with Gasteiger partial charge in [0, 0.05) is 0 Å². The molecule has 1 aliphatic heterocycles. The van der Waals surface area contributed by atoms with Crippen LogP contribution in [0.4, 0.5) is 0 Å². The smallest absolute Gasteiger partial charge is 0.127 e. The van der Waals surface area contributed by atoms with Gasteiger partial charge in [0.05, 0.1) is 6.61 Å². The summed E-state index contributed by atoms with van der Waals surface area (Å²) in [7, 11) is 0. The first-order valence-electron chi connectivity index (χ1n) is 5.79.